The van der Waals surface area contributed by atoms with E-state index >= 15 is 0 Å². The highest BCUT2D eigenvalue weighted by Crippen LogP contribution is 2.27. The average Bonchev–Trinajstić information content (AvgIpc) is 2.85. The molecule has 84 valence electrons. The van der Waals surface area contributed by atoms with Crippen molar-refractivity contribution in [2.45, 2.75) is 12.3 Å². The molecule has 1 saturated heterocycles. The molecular weight excluding hydrogens is 232 g/mol. The van der Waals surface area contributed by atoms with Crippen molar-refractivity contribution in [3.8, 4) is 0 Å². The van der Waals surface area contributed by atoms with Gasteiger partial charge < -0.3 is 9.64 Å². The molecule has 1 fully saturated rings. The number of aromatic nitrogens is 1. The van der Waals surface area contributed by atoms with Gasteiger partial charge in [-0.05, 0) is 6.42 Å². The van der Waals surface area contributed by atoms with Gasteiger partial charge in [0, 0.05) is 31.5 Å². The maximum Gasteiger partial charge on any atom is 0.185 e. The molecule has 0 amide bonds. The lowest BCUT2D eigenvalue weighted by molar-refractivity contribution is 0.161. The van der Waals surface area contributed by atoms with E-state index < -0.39 is 0 Å². The van der Waals surface area contributed by atoms with Gasteiger partial charge in [-0.25, -0.2) is 4.98 Å². The van der Waals surface area contributed by atoms with Crippen LogP contribution in [0.25, 0.3) is 0 Å². The summed E-state index contributed by atoms with van der Waals surface area (Å²) in [5.74, 6) is 1.16. The summed E-state index contributed by atoms with van der Waals surface area (Å²) in [5.41, 5.74) is 0.979. The van der Waals surface area contributed by atoms with Crippen molar-refractivity contribution in [2.24, 2.45) is 5.92 Å². The fourth-order valence-corrected chi connectivity index (χ4v) is 2.97. The third-order valence-corrected chi connectivity index (χ3v) is 3.86. The summed E-state index contributed by atoms with van der Waals surface area (Å²) in [6, 6.07) is 0. The van der Waals surface area contributed by atoms with Gasteiger partial charge in [-0.1, -0.05) is 0 Å². The van der Waals surface area contributed by atoms with Crippen LogP contribution in [0, 0.1) is 5.92 Å². The topological polar surface area (TPSA) is 25.4 Å². The van der Waals surface area contributed by atoms with Crippen LogP contribution in [0.2, 0.25) is 0 Å². The lowest BCUT2D eigenvalue weighted by Crippen LogP contribution is -2.20. The zero-order valence-electron chi connectivity index (χ0n) is 8.78. The number of thiazole rings is 1. The molecule has 1 aliphatic heterocycles. The summed E-state index contributed by atoms with van der Waals surface area (Å²) in [7, 11) is 1.76. The fourth-order valence-electron chi connectivity index (χ4n) is 1.88. The van der Waals surface area contributed by atoms with Crippen LogP contribution in [0.1, 0.15) is 12.1 Å². The molecule has 15 heavy (non-hydrogen) atoms. The molecule has 0 aliphatic carbocycles. The minimum Gasteiger partial charge on any atom is -0.384 e. The molecule has 2 rings (SSSR count). The number of alkyl halides is 1. The van der Waals surface area contributed by atoms with Crippen molar-refractivity contribution < 1.29 is 4.74 Å². The summed E-state index contributed by atoms with van der Waals surface area (Å²) in [5, 5.41) is 3.13. The molecule has 0 bridgehead atoms. The largest absolute Gasteiger partial charge is 0.384 e. The normalized spacial score (nSPS) is 21.2. The number of methoxy groups -OCH3 is 1. The Morgan fingerprint density at radius 2 is 2.60 bits per heavy atom. The van der Waals surface area contributed by atoms with E-state index in [1.165, 1.54) is 6.42 Å². The van der Waals surface area contributed by atoms with Crippen LogP contribution in [0.15, 0.2) is 5.38 Å². The molecule has 0 spiro atoms. The first-order chi connectivity index (χ1) is 7.33. The third kappa shape index (κ3) is 2.62. The summed E-state index contributed by atoms with van der Waals surface area (Å²) in [4.78, 5) is 6.80. The van der Waals surface area contributed by atoms with Gasteiger partial charge in [0.2, 0.25) is 0 Å². The Hall–Kier alpha value is -0.320. The van der Waals surface area contributed by atoms with Gasteiger partial charge in [0.05, 0.1) is 18.2 Å². The minimum atomic E-state index is 0.506. The predicted octanol–water partition coefficient (Wildman–Crippen LogP) is 2.35. The summed E-state index contributed by atoms with van der Waals surface area (Å²) < 4.78 is 5.17. The Kier molecular flexibility index (Phi) is 3.83. The number of ether oxygens (including phenoxy) is 1. The van der Waals surface area contributed by atoms with Gasteiger partial charge in [0.1, 0.15) is 0 Å². The molecule has 0 aromatic carbocycles. The standard InChI is InChI=1S/C10H15ClN2OS/c1-14-6-8-2-3-13(5-8)10-12-9(4-11)7-15-10/h7-8H,2-6H2,1H3. The lowest BCUT2D eigenvalue weighted by atomic mass is 10.1. The molecule has 1 unspecified atom stereocenters. The van der Waals surface area contributed by atoms with Crippen molar-refractivity contribution in [1.29, 1.82) is 0 Å². The average molecular weight is 247 g/mol. The third-order valence-electron chi connectivity index (χ3n) is 2.64. The highest BCUT2D eigenvalue weighted by molar-refractivity contribution is 7.13. The first kappa shape index (κ1) is 11.2. The second-order valence-electron chi connectivity index (χ2n) is 3.81. The number of rotatable bonds is 4. The Morgan fingerprint density at radius 1 is 1.73 bits per heavy atom. The molecule has 1 aromatic heterocycles. The maximum absolute atomic E-state index is 5.73. The van der Waals surface area contributed by atoms with Crippen molar-refractivity contribution >= 4 is 28.1 Å². The second kappa shape index (κ2) is 5.14. The maximum atomic E-state index is 5.73. The summed E-state index contributed by atoms with van der Waals surface area (Å²) in [6.45, 7) is 3.00. The van der Waals surface area contributed by atoms with Crippen LogP contribution in [0.3, 0.4) is 0 Å². The van der Waals surface area contributed by atoms with Crippen LogP contribution in [0.5, 0.6) is 0 Å². The molecule has 2 heterocycles. The van der Waals surface area contributed by atoms with E-state index in [9.17, 15) is 0 Å². The molecule has 1 aromatic rings. The Balaban J connectivity index is 1.95. The fraction of sp³-hybridized carbons (Fsp3) is 0.700. The van der Waals surface area contributed by atoms with E-state index in [2.05, 4.69) is 9.88 Å². The molecule has 3 nitrogen and oxygen atoms in total. The van der Waals surface area contributed by atoms with Crippen molar-refractivity contribution in [1.82, 2.24) is 4.98 Å². The van der Waals surface area contributed by atoms with Crippen LogP contribution in [-0.4, -0.2) is 31.8 Å². The van der Waals surface area contributed by atoms with Crippen LogP contribution in [-0.2, 0) is 10.6 Å². The van der Waals surface area contributed by atoms with Gasteiger partial charge in [0.15, 0.2) is 5.13 Å². The van der Waals surface area contributed by atoms with Gasteiger partial charge in [-0.3, -0.25) is 0 Å². The van der Waals surface area contributed by atoms with E-state index in [-0.39, 0.29) is 0 Å². The Labute approximate surface area is 99.0 Å². The van der Waals surface area contributed by atoms with Crippen LogP contribution < -0.4 is 4.90 Å². The van der Waals surface area contributed by atoms with Gasteiger partial charge >= 0.3 is 0 Å². The summed E-state index contributed by atoms with van der Waals surface area (Å²) >= 11 is 7.41. The highest BCUT2D eigenvalue weighted by Gasteiger charge is 2.24. The molecule has 0 N–H and O–H groups in total. The quantitative estimate of drug-likeness (QED) is 0.763. The predicted molar refractivity (Wildman–Crippen MR) is 63.9 cm³/mol. The SMILES string of the molecule is COCC1CCN(c2nc(CCl)cs2)C1. The molecule has 1 atom stereocenters. The Bertz CT molecular complexity index is 318. The summed E-state index contributed by atoms with van der Waals surface area (Å²) in [6.07, 6.45) is 1.20. The first-order valence-electron chi connectivity index (χ1n) is 5.07. The number of hydrogen-bond acceptors (Lipinski definition) is 4. The lowest BCUT2D eigenvalue weighted by Gasteiger charge is -2.14. The number of anilines is 1. The molecule has 1 aliphatic rings. The van der Waals surface area contributed by atoms with Gasteiger partial charge in [-0.15, -0.1) is 22.9 Å². The van der Waals surface area contributed by atoms with E-state index in [1.807, 2.05) is 5.38 Å². The number of nitrogens with zero attached hydrogens (tertiary/aromatic N) is 2. The Morgan fingerprint density at radius 3 is 3.27 bits per heavy atom. The van der Waals surface area contributed by atoms with Gasteiger partial charge in [0.25, 0.3) is 0 Å². The van der Waals surface area contributed by atoms with E-state index in [4.69, 9.17) is 16.3 Å². The first-order valence-corrected chi connectivity index (χ1v) is 6.49. The molecular formula is C10H15ClN2OS. The van der Waals surface area contributed by atoms with Crippen LogP contribution in [0.4, 0.5) is 5.13 Å². The smallest absolute Gasteiger partial charge is 0.185 e. The van der Waals surface area contributed by atoms with Crippen molar-refractivity contribution in [3.63, 3.8) is 0 Å². The number of hydrogen-bond donors (Lipinski definition) is 0. The van der Waals surface area contributed by atoms with E-state index in [0.717, 1.165) is 30.5 Å². The number of halogens is 1. The molecule has 0 radical (unpaired) electrons. The second-order valence-corrected chi connectivity index (χ2v) is 4.91. The van der Waals surface area contributed by atoms with E-state index in [0.29, 0.717) is 11.8 Å². The van der Waals surface area contributed by atoms with E-state index in [1.54, 1.807) is 18.4 Å². The van der Waals surface area contributed by atoms with Crippen LogP contribution >= 0.6 is 22.9 Å². The molecule has 5 heteroatoms. The van der Waals surface area contributed by atoms with Crippen molar-refractivity contribution in [3.05, 3.63) is 11.1 Å². The van der Waals surface area contributed by atoms with Crippen molar-refractivity contribution in [2.75, 3.05) is 31.7 Å². The van der Waals surface area contributed by atoms with Gasteiger partial charge in [-0.2, -0.15) is 0 Å². The minimum absolute atomic E-state index is 0.506. The zero-order valence-corrected chi connectivity index (χ0v) is 10.4. The highest BCUT2D eigenvalue weighted by atomic mass is 35.5. The zero-order chi connectivity index (χ0) is 10.7. The molecule has 0 saturated carbocycles. The monoisotopic (exact) mass is 246 g/mol.